The molecule has 2 rings (SSSR count). The van der Waals surface area contributed by atoms with Gasteiger partial charge >= 0.3 is 5.97 Å². The van der Waals surface area contributed by atoms with Crippen LogP contribution in [0, 0.1) is 19.7 Å². The fourth-order valence-corrected chi connectivity index (χ4v) is 2.08. The predicted molar refractivity (Wildman–Crippen MR) is 71.4 cm³/mol. The van der Waals surface area contributed by atoms with Crippen LogP contribution < -0.4 is 5.32 Å². The van der Waals surface area contributed by atoms with Crippen molar-refractivity contribution in [2.24, 2.45) is 0 Å². The standard InChI is InChI=1S/C14H15FN2O3/c1-7-4-11(9(3)20-7)8(2)17-13-12(14(18)19)5-10(15)6-16-13/h4-6,8H,1-3H3,(H,16,17)(H,18,19). The Bertz CT molecular complexity index is 652. The summed E-state index contributed by atoms with van der Waals surface area (Å²) in [7, 11) is 0. The number of hydrogen-bond donors (Lipinski definition) is 2. The van der Waals surface area contributed by atoms with Crippen LogP contribution in [0.4, 0.5) is 10.2 Å². The monoisotopic (exact) mass is 278 g/mol. The molecule has 2 aromatic heterocycles. The molecule has 1 atom stereocenters. The van der Waals surface area contributed by atoms with Crippen molar-refractivity contribution in [3.05, 3.63) is 46.8 Å². The normalized spacial score (nSPS) is 12.2. The van der Waals surface area contributed by atoms with Crippen molar-refractivity contribution in [2.45, 2.75) is 26.8 Å². The number of furan rings is 1. The van der Waals surface area contributed by atoms with Gasteiger partial charge in [0.25, 0.3) is 0 Å². The Balaban J connectivity index is 2.30. The zero-order valence-electron chi connectivity index (χ0n) is 11.4. The first-order valence-corrected chi connectivity index (χ1v) is 6.10. The Morgan fingerprint density at radius 1 is 1.45 bits per heavy atom. The van der Waals surface area contributed by atoms with Gasteiger partial charge in [0.15, 0.2) is 0 Å². The van der Waals surface area contributed by atoms with Crippen molar-refractivity contribution < 1.29 is 18.7 Å². The average molecular weight is 278 g/mol. The molecule has 0 aliphatic heterocycles. The number of aryl methyl sites for hydroxylation is 2. The van der Waals surface area contributed by atoms with Gasteiger partial charge < -0.3 is 14.8 Å². The van der Waals surface area contributed by atoms with Crippen LogP contribution in [0.1, 0.15) is 40.4 Å². The largest absolute Gasteiger partial charge is 0.478 e. The number of pyridine rings is 1. The second-order valence-corrected chi connectivity index (χ2v) is 4.59. The van der Waals surface area contributed by atoms with Gasteiger partial charge in [0.05, 0.1) is 12.2 Å². The number of carbonyl (C=O) groups is 1. The van der Waals surface area contributed by atoms with E-state index in [1.807, 2.05) is 26.8 Å². The van der Waals surface area contributed by atoms with Gasteiger partial charge in [-0.15, -0.1) is 0 Å². The molecule has 2 N–H and O–H groups in total. The first kappa shape index (κ1) is 14.0. The molecular formula is C14H15FN2O3. The van der Waals surface area contributed by atoms with Crippen LogP contribution in [0.3, 0.4) is 0 Å². The number of nitrogens with zero attached hydrogens (tertiary/aromatic N) is 1. The molecule has 106 valence electrons. The number of carboxylic acid groups (broad SMARTS) is 1. The SMILES string of the molecule is Cc1cc(C(C)Nc2ncc(F)cc2C(=O)O)c(C)o1. The quantitative estimate of drug-likeness (QED) is 0.897. The van der Waals surface area contributed by atoms with E-state index in [1.54, 1.807) is 0 Å². The smallest absolute Gasteiger partial charge is 0.339 e. The van der Waals surface area contributed by atoms with E-state index in [0.717, 1.165) is 29.3 Å². The molecule has 0 saturated carbocycles. The van der Waals surface area contributed by atoms with Crippen molar-refractivity contribution in [2.75, 3.05) is 5.32 Å². The highest BCUT2D eigenvalue weighted by molar-refractivity contribution is 5.93. The number of nitrogens with one attached hydrogen (secondary N) is 1. The van der Waals surface area contributed by atoms with E-state index < -0.39 is 11.8 Å². The summed E-state index contributed by atoms with van der Waals surface area (Å²) in [6.45, 7) is 5.52. The molecule has 20 heavy (non-hydrogen) atoms. The van der Waals surface area contributed by atoms with Crippen molar-refractivity contribution in [1.82, 2.24) is 4.98 Å². The molecule has 0 spiro atoms. The lowest BCUT2D eigenvalue weighted by atomic mass is 10.1. The number of anilines is 1. The van der Waals surface area contributed by atoms with E-state index in [4.69, 9.17) is 9.52 Å². The minimum absolute atomic E-state index is 0.129. The van der Waals surface area contributed by atoms with Crippen molar-refractivity contribution in [3.8, 4) is 0 Å². The lowest BCUT2D eigenvalue weighted by Crippen LogP contribution is -2.12. The number of rotatable bonds is 4. The van der Waals surface area contributed by atoms with Crippen molar-refractivity contribution in [1.29, 1.82) is 0 Å². The van der Waals surface area contributed by atoms with Crippen LogP contribution in [-0.2, 0) is 0 Å². The maximum Gasteiger partial charge on any atom is 0.339 e. The van der Waals surface area contributed by atoms with E-state index in [2.05, 4.69) is 10.3 Å². The zero-order chi connectivity index (χ0) is 14.9. The van der Waals surface area contributed by atoms with Crippen molar-refractivity contribution in [3.63, 3.8) is 0 Å². The molecule has 0 radical (unpaired) electrons. The van der Waals surface area contributed by atoms with Crippen LogP contribution in [0.5, 0.6) is 0 Å². The van der Waals surface area contributed by atoms with Crippen molar-refractivity contribution >= 4 is 11.8 Å². The molecule has 5 nitrogen and oxygen atoms in total. The van der Waals surface area contributed by atoms with Crippen LogP contribution in [-0.4, -0.2) is 16.1 Å². The summed E-state index contributed by atoms with van der Waals surface area (Å²) in [6.07, 6.45) is 0.981. The minimum atomic E-state index is -1.23. The molecule has 0 fully saturated rings. The lowest BCUT2D eigenvalue weighted by Gasteiger charge is -2.15. The molecule has 2 heterocycles. The molecule has 0 saturated heterocycles. The molecule has 0 amide bonds. The molecule has 2 aromatic rings. The average Bonchev–Trinajstić information content (AvgIpc) is 2.70. The van der Waals surface area contributed by atoms with Gasteiger partial charge in [-0.25, -0.2) is 14.2 Å². The number of aromatic nitrogens is 1. The summed E-state index contributed by atoms with van der Waals surface area (Å²) < 4.78 is 18.5. The number of carboxylic acids is 1. The van der Waals surface area contributed by atoms with E-state index in [9.17, 15) is 9.18 Å². The maximum atomic E-state index is 13.1. The fraction of sp³-hybridized carbons (Fsp3) is 0.286. The number of hydrogen-bond acceptors (Lipinski definition) is 4. The first-order valence-electron chi connectivity index (χ1n) is 6.10. The van der Waals surface area contributed by atoms with E-state index in [0.29, 0.717) is 0 Å². The second-order valence-electron chi connectivity index (χ2n) is 4.59. The van der Waals surface area contributed by atoms with Crippen LogP contribution in [0.25, 0.3) is 0 Å². The fourth-order valence-electron chi connectivity index (χ4n) is 2.08. The van der Waals surface area contributed by atoms with Gasteiger partial charge in [-0.1, -0.05) is 0 Å². The van der Waals surface area contributed by atoms with Gasteiger partial charge in [-0.2, -0.15) is 0 Å². The van der Waals surface area contributed by atoms with E-state index in [-0.39, 0.29) is 17.4 Å². The summed E-state index contributed by atoms with van der Waals surface area (Å²) in [6, 6.07) is 2.61. The Kier molecular flexibility index (Phi) is 3.74. The lowest BCUT2D eigenvalue weighted by molar-refractivity contribution is 0.0697. The molecular weight excluding hydrogens is 263 g/mol. The van der Waals surface area contributed by atoms with Gasteiger partial charge in [-0.05, 0) is 32.9 Å². The number of aromatic carboxylic acids is 1. The van der Waals surface area contributed by atoms with Crippen LogP contribution in [0.15, 0.2) is 22.7 Å². The van der Waals surface area contributed by atoms with Gasteiger partial charge in [-0.3, -0.25) is 0 Å². The summed E-state index contributed by atoms with van der Waals surface area (Å²) in [5.41, 5.74) is 0.708. The molecule has 0 aliphatic rings. The predicted octanol–water partition coefficient (Wildman–Crippen LogP) is 3.30. The topological polar surface area (TPSA) is 75.4 Å². The van der Waals surface area contributed by atoms with Gasteiger partial charge in [0.1, 0.15) is 28.7 Å². The Labute approximate surface area is 115 Å². The first-order chi connectivity index (χ1) is 9.38. The third-order valence-electron chi connectivity index (χ3n) is 2.98. The highest BCUT2D eigenvalue weighted by atomic mass is 19.1. The highest BCUT2D eigenvalue weighted by Gasteiger charge is 2.18. The Hall–Kier alpha value is -2.37. The third-order valence-corrected chi connectivity index (χ3v) is 2.98. The summed E-state index contributed by atoms with van der Waals surface area (Å²) in [5, 5.41) is 12.0. The minimum Gasteiger partial charge on any atom is -0.478 e. The Morgan fingerprint density at radius 3 is 2.70 bits per heavy atom. The van der Waals surface area contributed by atoms with Crippen LogP contribution in [0.2, 0.25) is 0 Å². The van der Waals surface area contributed by atoms with E-state index >= 15 is 0 Å². The summed E-state index contributed by atoms with van der Waals surface area (Å²) >= 11 is 0. The van der Waals surface area contributed by atoms with Gasteiger partial charge in [0.2, 0.25) is 0 Å². The summed E-state index contributed by atoms with van der Waals surface area (Å²) in [5.74, 6) is -0.259. The molecule has 1 unspecified atom stereocenters. The molecule has 0 bridgehead atoms. The van der Waals surface area contributed by atoms with Gasteiger partial charge in [0, 0.05) is 5.56 Å². The molecule has 0 aliphatic carbocycles. The van der Waals surface area contributed by atoms with Crippen LogP contribution >= 0.6 is 0 Å². The van der Waals surface area contributed by atoms with E-state index in [1.165, 1.54) is 0 Å². The second kappa shape index (κ2) is 5.32. The Morgan fingerprint density at radius 2 is 2.15 bits per heavy atom. The molecule has 0 aromatic carbocycles. The highest BCUT2D eigenvalue weighted by Crippen LogP contribution is 2.25. The maximum absolute atomic E-state index is 13.1. The zero-order valence-corrected chi connectivity index (χ0v) is 11.4. The summed E-state index contributed by atoms with van der Waals surface area (Å²) in [4.78, 5) is 14.9. The third kappa shape index (κ3) is 2.79. The molecule has 6 heteroatoms. The number of halogens is 1.